The van der Waals surface area contributed by atoms with E-state index in [9.17, 15) is 4.79 Å². The van der Waals surface area contributed by atoms with Gasteiger partial charge in [-0.25, -0.2) is 0 Å². The smallest absolute Gasteiger partial charge is 0.244 e. The molecule has 0 aromatic rings. The van der Waals surface area contributed by atoms with Gasteiger partial charge in [-0.3, -0.25) is 10.1 Å². The molecule has 4 heteroatoms. The van der Waals surface area contributed by atoms with Crippen LogP contribution in [0.1, 0.15) is 65.2 Å². The summed E-state index contributed by atoms with van der Waals surface area (Å²) in [7, 11) is 0. The highest BCUT2D eigenvalue weighted by atomic mass is 32.2. The number of nitrogens with zero attached hydrogens (tertiary/aromatic N) is 1. The van der Waals surface area contributed by atoms with Gasteiger partial charge in [-0.2, -0.15) is 11.8 Å². The van der Waals surface area contributed by atoms with Crippen molar-refractivity contribution in [1.29, 1.82) is 0 Å². The molecule has 0 aromatic heterocycles. The van der Waals surface area contributed by atoms with Crippen molar-refractivity contribution >= 4 is 17.7 Å². The highest BCUT2D eigenvalue weighted by molar-refractivity contribution is 7.99. The highest BCUT2D eigenvalue weighted by Crippen LogP contribution is 2.41. The quantitative estimate of drug-likeness (QED) is 0.864. The zero-order valence-electron chi connectivity index (χ0n) is 13.7. The van der Waals surface area contributed by atoms with Gasteiger partial charge in [0.2, 0.25) is 5.91 Å². The highest BCUT2D eigenvalue weighted by Gasteiger charge is 2.53. The maximum absolute atomic E-state index is 13.1. The summed E-state index contributed by atoms with van der Waals surface area (Å²) in [6.07, 6.45) is 12.4. The average molecular weight is 311 g/mol. The molecule has 0 aromatic carbocycles. The van der Waals surface area contributed by atoms with Crippen LogP contribution >= 0.6 is 11.8 Å². The van der Waals surface area contributed by atoms with Gasteiger partial charge in [0.05, 0.1) is 11.7 Å². The van der Waals surface area contributed by atoms with Crippen LogP contribution in [-0.2, 0) is 4.79 Å². The van der Waals surface area contributed by atoms with Crippen molar-refractivity contribution in [2.45, 2.75) is 88.2 Å². The molecule has 3 fully saturated rings. The first-order valence-corrected chi connectivity index (χ1v) is 10.0. The first kappa shape index (κ1) is 15.7. The first-order chi connectivity index (χ1) is 10.1. The van der Waals surface area contributed by atoms with E-state index in [1.165, 1.54) is 44.9 Å². The minimum atomic E-state index is -0.335. The van der Waals surface area contributed by atoms with Crippen LogP contribution in [0, 0.1) is 5.92 Å². The maximum atomic E-state index is 13.1. The summed E-state index contributed by atoms with van der Waals surface area (Å²) in [6, 6.07) is 0.457. The summed E-state index contributed by atoms with van der Waals surface area (Å²) in [5.74, 6) is 1.04. The fourth-order valence-electron chi connectivity index (χ4n) is 4.60. The van der Waals surface area contributed by atoms with E-state index in [4.69, 9.17) is 0 Å². The Hall–Kier alpha value is -0.220. The van der Waals surface area contributed by atoms with E-state index in [2.05, 4.69) is 30.3 Å². The summed E-state index contributed by atoms with van der Waals surface area (Å²) in [5, 5.41) is 4.39. The van der Waals surface area contributed by atoms with E-state index in [1.807, 2.05) is 11.8 Å². The second-order valence-corrected chi connectivity index (χ2v) is 8.38. The van der Waals surface area contributed by atoms with Crippen molar-refractivity contribution < 1.29 is 4.79 Å². The summed E-state index contributed by atoms with van der Waals surface area (Å²) in [4.78, 5) is 15.4. The zero-order chi connectivity index (χ0) is 15.0. The van der Waals surface area contributed by atoms with Crippen molar-refractivity contribution in [1.82, 2.24) is 10.2 Å². The van der Waals surface area contributed by atoms with Gasteiger partial charge < -0.3 is 4.90 Å². The van der Waals surface area contributed by atoms with Gasteiger partial charge >= 0.3 is 0 Å². The standard InChI is InChI=1S/C17H30N2OS/c1-4-17(2)16(20)19(13-10-7-11-14(13)21-3)15(18-17)12-8-5-6-9-12/h12-15,18H,4-11H2,1-3H3. The fraction of sp³-hybridized carbons (Fsp3) is 0.941. The monoisotopic (exact) mass is 310 g/mol. The zero-order valence-corrected chi connectivity index (χ0v) is 14.5. The molecule has 1 amide bonds. The Balaban J connectivity index is 1.87. The second-order valence-electron chi connectivity index (χ2n) is 7.30. The molecule has 2 aliphatic carbocycles. The second kappa shape index (κ2) is 6.11. The Kier molecular flexibility index (Phi) is 4.56. The largest absolute Gasteiger partial charge is 0.321 e. The van der Waals surface area contributed by atoms with Crippen molar-refractivity contribution in [3.05, 3.63) is 0 Å². The molecule has 4 unspecified atom stereocenters. The van der Waals surface area contributed by atoms with Crippen LogP contribution in [0.3, 0.4) is 0 Å². The summed E-state index contributed by atoms with van der Waals surface area (Å²) in [6.45, 7) is 4.25. The van der Waals surface area contributed by atoms with E-state index < -0.39 is 0 Å². The molecule has 1 heterocycles. The van der Waals surface area contributed by atoms with Gasteiger partial charge in [-0.15, -0.1) is 0 Å². The average Bonchev–Trinajstić information content (AvgIpc) is 3.20. The molecule has 0 bridgehead atoms. The van der Waals surface area contributed by atoms with Crippen LogP contribution in [-0.4, -0.2) is 40.1 Å². The topological polar surface area (TPSA) is 32.3 Å². The Morgan fingerprint density at radius 1 is 1.24 bits per heavy atom. The summed E-state index contributed by atoms with van der Waals surface area (Å²) < 4.78 is 0. The number of carbonyl (C=O) groups excluding carboxylic acids is 1. The number of carbonyl (C=O) groups is 1. The van der Waals surface area contributed by atoms with Crippen LogP contribution in [0.5, 0.6) is 0 Å². The third kappa shape index (κ3) is 2.63. The fourth-order valence-corrected chi connectivity index (χ4v) is 5.58. The molecule has 120 valence electrons. The van der Waals surface area contributed by atoms with Crippen molar-refractivity contribution in [3.63, 3.8) is 0 Å². The minimum Gasteiger partial charge on any atom is -0.321 e. The number of rotatable bonds is 4. The Labute approximate surface area is 133 Å². The predicted octanol–water partition coefficient (Wildman–Crippen LogP) is 3.39. The molecular weight excluding hydrogens is 280 g/mol. The molecule has 3 aliphatic rings. The molecule has 1 saturated heterocycles. The molecule has 21 heavy (non-hydrogen) atoms. The minimum absolute atomic E-state index is 0.294. The predicted molar refractivity (Wildman–Crippen MR) is 89.4 cm³/mol. The lowest BCUT2D eigenvalue weighted by Crippen LogP contribution is -2.50. The van der Waals surface area contributed by atoms with Gasteiger partial charge in [0.15, 0.2) is 0 Å². The summed E-state index contributed by atoms with van der Waals surface area (Å²) >= 11 is 1.96. The van der Waals surface area contributed by atoms with Gasteiger partial charge in [0, 0.05) is 11.3 Å². The lowest BCUT2D eigenvalue weighted by Gasteiger charge is -2.36. The summed E-state index contributed by atoms with van der Waals surface area (Å²) in [5.41, 5.74) is -0.335. The van der Waals surface area contributed by atoms with E-state index >= 15 is 0 Å². The van der Waals surface area contributed by atoms with Crippen LogP contribution in [0.15, 0.2) is 0 Å². The van der Waals surface area contributed by atoms with Crippen LogP contribution in [0.2, 0.25) is 0 Å². The third-order valence-corrected chi connectivity index (χ3v) is 7.26. The number of thioether (sulfide) groups is 1. The lowest BCUT2D eigenvalue weighted by atomic mass is 9.99. The van der Waals surface area contributed by atoms with Gasteiger partial charge in [-0.1, -0.05) is 26.2 Å². The first-order valence-electron chi connectivity index (χ1n) is 8.74. The normalized spacial score (nSPS) is 41.4. The maximum Gasteiger partial charge on any atom is 0.244 e. The van der Waals surface area contributed by atoms with Crippen molar-refractivity contribution in [3.8, 4) is 0 Å². The number of nitrogens with one attached hydrogen (secondary N) is 1. The van der Waals surface area contributed by atoms with E-state index in [0.717, 1.165) is 6.42 Å². The molecular formula is C17H30N2OS. The van der Waals surface area contributed by atoms with E-state index in [-0.39, 0.29) is 5.54 Å². The van der Waals surface area contributed by atoms with Crippen LogP contribution in [0.25, 0.3) is 0 Å². The van der Waals surface area contributed by atoms with Gasteiger partial charge in [-0.05, 0) is 51.2 Å². The number of hydrogen-bond donors (Lipinski definition) is 1. The van der Waals surface area contributed by atoms with E-state index in [0.29, 0.717) is 29.3 Å². The van der Waals surface area contributed by atoms with Crippen LogP contribution in [0.4, 0.5) is 0 Å². The Bertz CT molecular complexity index is 396. The van der Waals surface area contributed by atoms with Crippen molar-refractivity contribution in [2.24, 2.45) is 5.92 Å². The molecule has 2 saturated carbocycles. The SMILES string of the molecule is CCC1(C)NC(C2CCCC2)N(C2CCCC2SC)C1=O. The van der Waals surface area contributed by atoms with E-state index in [1.54, 1.807) is 0 Å². The number of hydrogen-bond acceptors (Lipinski definition) is 3. The van der Waals surface area contributed by atoms with Gasteiger partial charge in [0.1, 0.15) is 0 Å². The molecule has 1 N–H and O–H groups in total. The van der Waals surface area contributed by atoms with Crippen LogP contribution < -0.4 is 5.32 Å². The molecule has 3 nitrogen and oxygen atoms in total. The Morgan fingerprint density at radius 2 is 1.95 bits per heavy atom. The Morgan fingerprint density at radius 3 is 2.57 bits per heavy atom. The molecule has 0 spiro atoms. The molecule has 4 atom stereocenters. The van der Waals surface area contributed by atoms with Crippen molar-refractivity contribution in [2.75, 3.05) is 6.26 Å². The lowest BCUT2D eigenvalue weighted by molar-refractivity contribution is -0.135. The number of amides is 1. The molecule has 0 radical (unpaired) electrons. The third-order valence-electron chi connectivity index (χ3n) is 6.10. The molecule has 3 rings (SSSR count). The van der Waals surface area contributed by atoms with Gasteiger partial charge in [0.25, 0.3) is 0 Å². The molecule has 1 aliphatic heterocycles.